The van der Waals surface area contributed by atoms with E-state index >= 15 is 0 Å². The molecule has 2 saturated heterocycles. The van der Waals surface area contributed by atoms with Gasteiger partial charge in [-0.1, -0.05) is 12.1 Å². The van der Waals surface area contributed by atoms with E-state index in [0.717, 1.165) is 6.07 Å². The van der Waals surface area contributed by atoms with Gasteiger partial charge in [-0.15, -0.1) is 0 Å². The number of phenolic OH excluding ortho intramolecular Hbond substituents is 1. The average Bonchev–Trinajstić information content (AvgIpc) is 2.98. The van der Waals surface area contributed by atoms with Crippen molar-refractivity contribution in [2.24, 2.45) is 0 Å². The molecule has 14 nitrogen and oxygen atoms in total. The minimum Gasteiger partial charge on any atom is -0.507 e. The van der Waals surface area contributed by atoms with E-state index in [1.807, 2.05) is 0 Å². The summed E-state index contributed by atoms with van der Waals surface area (Å²) in [6, 6.07) is 9.07. The highest BCUT2D eigenvalue weighted by Crippen LogP contribution is 2.33. The molecule has 42 heavy (non-hydrogen) atoms. The summed E-state index contributed by atoms with van der Waals surface area (Å²) in [7, 11) is 1.52. The van der Waals surface area contributed by atoms with Crippen molar-refractivity contribution in [1.82, 2.24) is 0 Å². The van der Waals surface area contributed by atoms with E-state index in [1.165, 1.54) is 26.4 Å². The van der Waals surface area contributed by atoms with Gasteiger partial charge in [-0.05, 0) is 24.6 Å². The van der Waals surface area contributed by atoms with Gasteiger partial charge in [0.1, 0.15) is 77.2 Å². The van der Waals surface area contributed by atoms with Gasteiger partial charge in [0.25, 0.3) is 0 Å². The predicted octanol–water partition coefficient (Wildman–Crippen LogP) is -0.795. The first-order valence-electron chi connectivity index (χ1n) is 13.1. The van der Waals surface area contributed by atoms with Gasteiger partial charge in [-0.2, -0.15) is 0 Å². The fourth-order valence-electron chi connectivity index (χ4n) is 4.87. The molecule has 228 valence electrons. The summed E-state index contributed by atoms with van der Waals surface area (Å²) in [6.07, 6.45) is -13.6. The zero-order valence-corrected chi connectivity index (χ0v) is 22.5. The van der Waals surface area contributed by atoms with Crippen LogP contribution in [-0.2, 0) is 14.2 Å². The van der Waals surface area contributed by atoms with Crippen molar-refractivity contribution in [2.75, 3.05) is 13.7 Å². The number of aromatic hydroxyl groups is 1. The molecule has 0 amide bonds. The van der Waals surface area contributed by atoms with E-state index in [0.29, 0.717) is 11.3 Å². The smallest absolute Gasteiger partial charge is 0.229 e. The highest BCUT2D eigenvalue weighted by Gasteiger charge is 2.47. The zero-order valence-electron chi connectivity index (χ0n) is 22.5. The molecule has 0 saturated carbocycles. The number of aliphatic hydroxyl groups excluding tert-OH is 6. The molecule has 2 fully saturated rings. The summed E-state index contributed by atoms with van der Waals surface area (Å²) >= 11 is 0. The summed E-state index contributed by atoms with van der Waals surface area (Å²) in [5, 5.41) is 71.9. The van der Waals surface area contributed by atoms with Crippen LogP contribution in [0.3, 0.4) is 0 Å². The van der Waals surface area contributed by atoms with E-state index < -0.39 is 79.2 Å². The highest BCUT2D eigenvalue weighted by molar-refractivity contribution is 5.88. The van der Waals surface area contributed by atoms with Crippen molar-refractivity contribution in [3.05, 3.63) is 52.9 Å². The Labute approximate surface area is 238 Å². The van der Waals surface area contributed by atoms with Crippen LogP contribution in [0.15, 0.2) is 51.9 Å². The van der Waals surface area contributed by atoms with Crippen LogP contribution >= 0.6 is 0 Å². The third kappa shape index (κ3) is 5.68. The largest absolute Gasteiger partial charge is 0.507 e. The van der Waals surface area contributed by atoms with Gasteiger partial charge >= 0.3 is 0 Å². The number of rotatable bonds is 7. The maximum Gasteiger partial charge on any atom is 0.229 e. The molecular weight excluding hydrogens is 560 g/mol. The molecule has 0 aliphatic carbocycles. The molecule has 0 radical (unpaired) electrons. The summed E-state index contributed by atoms with van der Waals surface area (Å²) in [5.74, 6) is 0.0283. The van der Waals surface area contributed by atoms with E-state index in [4.69, 9.17) is 28.1 Å². The van der Waals surface area contributed by atoms with Crippen molar-refractivity contribution in [3.8, 4) is 28.4 Å². The number of aliphatic hydroxyl groups is 6. The minimum absolute atomic E-state index is 0.0312. The molecule has 7 N–H and O–H groups in total. The molecule has 14 heteroatoms. The van der Waals surface area contributed by atoms with Crippen LogP contribution in [0.25, 0.3) is 22.1 Å². The van der Waals surface area contributed by atoms with Gasteiger partial charge in [0.05, 0.1) is 25.4 Å². The number of hydrogen-bond donors (Lipinski definition) is 7. The van der Waals surface area contributed by atoms with Crippen LogP contribution in [0, 0.1) is 0 Å². The van der Waals surface area contributed by atoms with Crippen LogP contribution in [0.1, 0.15) is 6.92 Å². The molecular formula is C28H32O14. The van der Waals surface area contributed by atoms with E-state index in [1.54, 1.807) is 24.3 Å². The Morgan fingerprint density at radius 2 is 1.48 bits per heavy atom. The van der Waals surface area contributed by atoms with Crippen LogP contribution in [0.4, 0.5) is 0 Å². The number of benzene rings is 2. The average molecular weight is 593 g/mol. The number of methoxy groups -OCH3 is 1. The summed E-state index contributed by atoms with van der Waals surface area (Å²) < 4.78 is 32.8. The van der Waals surface area contributed by atoms with Gasteiger partial charge < -0.3 is 63.8 Å². The lowest BCUT2D eigenvalue weighted by molar-refractivity contribution is -0.318. The minimum atomic E-state index is -1.75. The third-order valence-corrected chi connectivity index (χ3v) is 7.39. The molecule has 2 aliphatic heterocycles. The maximum absolute atomic E-state index is 13.2. The Morgan fingerprint density at radius 1 is 0.810 bits per heavy atom. The summed E-state index contributed by atoms with van der Waals surface area (Å²) in [4.78, 5) is 13.2. The monoisotopic (exact) mass is 592 g/mol. The number of phenols is 1. The number of fused-ring (bicyclic) bond motifs is 1. The number of ether oxygens (including phenoxy) is 5. The van der Waals surface area contributed by atoms with Crippen molar-refractivity contribution in [2.45, 2.75) is 68.3 Å². The second-order valence-corrected chi connectivity index (χ2v) is 10.2. The Morgan fingerprint density at radius 3 is 2.17 bits per heavy atom. The molecule has 5 rings (SSSR count). The van der Waals surface area contributed by atoms with Crippen LogP contribution in [0.2, 0.25) is 0 Å². The Balaban J connectivity index is 1.33. The van der Waals surface area contributed by atoms with E-state index in [9.17, 15) is 40.5 Å². The van der Waals surface area contributed by atoms with Crippen LogP contribution in [-0.4, -0.2) is 111 Å². The Bertz CT molecular complexity index is 1440. The molecule has 1 aromatic heterocycles. The summed E-state index contributed by atoms with van der Waals surface area (Å²) in [5.41, 5.74) is 0.200. The second-order valence-electron chi connectivity index (χ2n) is 10.2. The molecule has 0 bridgehead atoms. The van der Waals surface area contributed by atoms with Gasteiger partial charge in [0.15, 0.2) is 6.29 Å². The molecule has 2 aliphatic rings. The molecule has 2 aromatic carbocycles. The first kappa shape index (κ1) is 30.2. The fraction of sp³-hybridized carbons (Fsp3) is 0.464. The van der Waals surface area contributed by atoms with Gasteiger partial charge in [0.2, 0.25) is 11.7 Å². The van der Waals surface area contributed by atoms with E-state index in [2.05, 4.69) is 0 Å². The standard InChI is InChI=1S/C28H32O14/c1-11-20(30)23(33)25(35)27(40-11)39-10-18-22(32)24(34)26(36)28(42-18)41-14-7-16(29)19-17(8-14)38-9-15(21(19)31)12-3-5-13(37-2)6-4-12/h3-9,11,18,20,22-30,32-36H,10H2,1-2H3/t11?,18?,20-,22+,23?,24-,25-,26?,27+,28+/m0/s1. The van der Waals surface area contributed by atoms with Gasteiger partial charge in [-0.25, -0.2) is 0 Å². The Kier molecular flexibility index (Phi) is 8.71. The maximum atomic E-state index is 13.2. The third-order valence-electron chi connectivity index (χ3n) is 7.39. The van der Waals surface area contributed by atoms with E-state index in [-0.39, 0.29) is 22.3 Å². The fourth-order valence-corrected chi connectivity index (χ4v) is 4.87. The van der Waals surface area contributed by atoms with Crippen molar-refractivity contribution >= 4 is 11.0 Å². The van der Waals surface area contributed by atoms with Crippen LogP contribution in [0.5, 0.6) is 17.2 Å². The SMILES string of the molecule is COc1ccc(-c2coc3cc(O[C@@H]4OC(CO[C@@H]5OC(C)[C@H](O)C(O)[C@@H]5O)[C@@H](O)[C@H](O)C4O)cc(O)c3c2=O)cc1. The topological polar surface area (TPSA) is 218 Å². The Hall–Kier alpha value is -3.31. The van der Waals surface area contributed by atoms with Crippen molar-refractivity contribution in [1.29, 1.82) is 0 Å². The highest BCUT2D eigenvalue weighted by atomic mass is 16.7. The van der Waals surface area contributed by atoms with Crippen molar-refractivity contribution in [3.63, 3.8) is 0 Å². The lowest BCUT2D eigenvalue weighted by atomic mass is 9.98. The second kappa shape index (κ2) is 12.1. The van der Waals surface area contributed by atoms with Gasteiger partial charge in [0, 0.05) is 12.1 Å². The van der Waals surface area contributed by atoms with Crippen LogP contribution < -0.4 is 14.9 Å². The first-order chi connectivity index (χ1) is 20.0. The normalized spacial score (nSPS) is 33.4. The van der Waals surface area contributed by atoms with Gasteiger partial charge in [-0.3, -0.25) is 4.79 Å². The molecule has 4 unspecified atom stereocenters. The first-order valence-corrected chi connectivity index (χ1v) is 13.1. The van der Waals surface area contributed by atoms with Crippen molar-refractivity contribution < 1.29 is 63.8 Å². The summed E-state index contributed by atoms with van der Waals surface area (Å²) in [6.45, 7) is 0.987. The molecule has 3 heterocycles. The molecule has 3 aromatic rings. The molecule has 0 spiro atoms. The predicted molar refractivity (Wildman–Crippen MR) is 142 cm³/mol. The lowest BCUT2D eigenvalue weighted by Gasteiger charge is -2.42. The number of hydrogen-bond acceptors (Lipinski definition) is 14. The quantitative estimate of drug-likeness (QED) is 0.179. The molecule has 10 atom stereocenters. The zero-order chi connectivity index (χ0) is 30.3. The lowest BCUT2D eigenvalue weighted by Crippen LogP contribution is -2.61.